The first-order valence-corrected chi connectivity index (χ1v) is 9.98. The van der Waals surface area contributed by atoms with Gasteiger partial charge >= 0.3 is 12.1 Å². The molecule has 9 nitrogen and oxygen atoms in total. The zero-order chi connectivity index (χ0) is 23.7. The lowest BCUT2D eigenvalue weighted by molar-refractivity contribution is -0.144. The van der Waals surface area contributed by atoms with Crippen LogP contribution in [0.3, 0.4) is 0 Å². The Labute approximate surface area is 186 Å². The third kappa shape index (κ3) is 6.22. The number of carbonyl (C=O) groups is 3. The predicted octanol–water partition coefficient (Wildman–Crippen LogP) is 3.22. The Morgan fingerprint density at radius 3 is 2.38 bits per heavy atom. The number of nitrogens with one attached hydrogen (secondary N) is 1. The van der Waals surface area contributed by atoms with E-state index in [1.54, 1.807) is 13.0 Å². The van der Waals surface area contributed by atoms with Crippen LogP contribution >= 0.6 is 0 Å². The van der Waals surface area contributed by atoms with Crippen LogP contribution in [0.25, 0.3) is 11.8 Å². The molecule has 1 aromatic carbocycles. The highest BCUT2D eigenvalue weighted by Crippen LogP contribution is 2.24. The zero-order valence-corrected chi connectivity index (χ0v) is 18.4. The predicted molar refractivity (Wildman–Crippen MR) is 116 cm³/mol. The number of carbonyl (C=O) groups excluding carboxylic acids is 3. The van der Waals surface area contributed by atoms with Crippen LogP contribution in [0.4, 0.5) is 4.79 Å². The molecule has 1 N–H and O–H groups in total. The maximum absolute atomic E-state index is 12.2. The van der Waals surface area contributed by atoms with Gasteiger partial charge in [0.2, 0.25) is 0 Å². The molecule has 0 fully saturated rings. The average Bonchev–Trinajstić information content (AvgIpc) is 3.04. The smallest absolute Gasteiger partial charge is 0.413 e. The molecule has 9 heteroatoms. The number of esters is 1. The minimum atomic E-state index is -0.975. The zero-order valence-electron chi connectivity index (χ0n) is 18.4. The van der Waals surface area contributed by atoms with Crippen molar-refractivity contribution in [2.75, 3.05) is 19.8 Å². The minimum absolute atomic E-state index is 0.0926. The van der Waals surface area contributed by atoms with Gasteiger partial charge in [0.15, 0.2) is 6.61 Å². The van der Waals surface area contributed by atoms with Crippen molar-refractivity contribution in [3.05, 3.63) is 52.9 Å². The molecular formula is C23H25N3O6. The molecule has 2 aromatic rings. The lowest BCUT2D eigenvalue weighted by atomic mass is 10.1. The summed E-state index contributed by atoms with van der Waals surface area (Å²) in [7, 11) is 0. The number of imide groups is 1. The van der Waals surface area contributed by atoms with Crippen molar-refractivity contribution >= 4 is 24.0 Å². The van der Waals surface area contributed by atoms with Gasteiger partial charge in [-0.3, -0.25) is 10.1 Å². The van der Waals surface area contributed by atoms with Crippen molar-refractivity contribution in [2.24, 2.45) is 0 Å². The highest BCUT2D eigenvalue weighted by molar-refractivity contribution is 6.00. The SMILES string of the molecule is CCOC(=O)NC(=O)COC(=O)/C(C#N)=C/c1cc(C)n(-c2ccc(OCC)cc2)c1C. The average molecular weight is 439 g/mol. The lowest BCUT2D eigenvalue weighted by Crippen LogP contribution is -2.34. The first-order valence-electron chi connectivity index (χ1n) is 9.98. The van der Waals surface area contributed by atoms with E-state index in [2.05, 4.69) is 4.74 Å². The van der Waals surface area contributed by atoms with E-state index in [-0.39, 0.29) is 12.2 Å². The van der Waals surface area contributed by atoms with E-state index in [4.69, 9.17) is 9.47 Å². The first-order chi connectivity index (χ1) is 15.3. The standard InChI is InChI=1S/C23H25N3O6/c1-5-30-20-9-7-19(8-10-20)26-15(3)11-17(16(26)4)12-18(13-24)22(28)32-14-21(27)25-23(29)31-6-2/h7-12H,5-6,14H2,1-4H3,(H,25,27,29)/b18-12+. The Kier molecular flexibility index (Phi) is 8.60. The molecule has 0 bridgehead atoms. The lowest BCUT2D eigenvalue weighted by Gasteiger charge is -2.11. The summed E-state index contributed by atoms with van der Waals surface area (Å²) in [5, 5.41) is 11.3. The molecule has 0 aliphatic rings. The molecule has 0 saturated heterocycles. The summed E-state index contributed by atoms with van der Waals surface area (Å²) in [6.07, 6.45) is 0.463. The van der Waals surface area contributed by atoms with Gasteiger partial charge in [-0.2, -0.15) is 5.26 Å². The summed E-state index contributed by atoms with van der Waals surface area (Å²) >= 11 is 0. The number of ether oxygens (including phenoxy) is 3. The van der Waals surface area contributed by atoms with Gasteiger partial charge in [0.1, 0.15) is 17.4 Å². The third-order valence-electron chi connectivity index (χ3n) is 4.37. The summed E-state index contributed by atoms with van der Waals surface area (Å²) < 4.78 is 16.8. The molecule has 0 radical (unpaired) electrons. The van der Waals surface area contributed by atoms with E-state index in [1.165, 1.54) is 6.08 Å². The van der Waals surface area contributed by atoms with Crippen LogP contribution in [-0.2, 0) is 19.1 Å². The number of amides is 2. The minimum Gasteiger partial charge on any atom is -0.494 e. The number of nitrogens with zero attached hydrogens (tertiary/aromatic N) is 2. The Balaban J connectivity index is 2.16. The second-order valence-corrected chi connectivity index (χ2v) is 6.60. The quantitative estimate of drug-likeness (QED) is 0.381. The van der Waals surface area contributed by atoms with Gasteiger partial charge in [-0.1, -0.05) is 0 Å². The fourth-order valence-electron chi connectivity index (χ4n) is 3.01. The fraction of sp³-hybridized carbons (Fsp3) is 0.304. The van der Waals surface area contributed by atoms with Crippen LogP contribution in [0.15, 0.2) is 35.9 Å². The summed E-state index contributed by atoms with van der Waals surface area (Å²) in [6, 6.07) is 11.2. The maximum Gasteiger partial charge on any atom is 0.413 e. The van der Waals surface area contributed by atoms with E-state index in [0.717, 1.165) is 22.8 Å². The van der Waals surface area contributed by atoms with Gasteiger partial charge in [-0.15, -0.1) is 0 Å². The highest BCUT2D eigenvalue weighted by Gasteiger charge is 2.17. The number of aromatic nitrogens is 1. The van der Waals surface area contributed by atoms with E-state index in [9.17, 15) is 19.6 Å². The highest BCUT2D eigenvalue weighted by atomic mass is 16.6. The molecule has 0 aliphatic heterocycles. The number of benzene rings is 1. The number of aryl methyl sites for hydroxylation is 1. The van der Waals surface area contributed by atoms with Crippen LogP contribution in [-0.4, -0.2) is 42.4 Å². The topological polar surface area (TPSA) is 120 Å². The summed E-state index contributed by atoms with van der Waals surface area (Å²) in [5.74, 6) is -1.07. The molecule has 0 atom stereocenters. The molecule has 0 aliphatic carbocycles. The summed E-state index contributed by atoms with van der Waals surface area (Å²) in [6.45, 7) is 7.22. The van der Waals surface area contributed by atoms with Gasteiger partial charge < -0.3 is 18.8 Å². The second kappa shape index (κ2) is 11.4. The molecule has 2 rings (SSSR count). The fourth-order valence-corrected chi connectivity index (χ4v) is 3.01. The van der Waals surface area contributed by atoms with Gasteiger partial charge in [0.05, 0.1) is 13.2 Å². The van der Waals surface area contributed by atoms with E-state index >= 15 is 0 Å². The largest absolute Gasteiger partial charge is 0.494 e. The number of nitriles is 1. The Bertz CT molecular complexity index is 1060. The van der Waals surface area contributed by atoms with Gasteiger partial charge in [0, 0.05) is 17.1 Å². The Morgan fingerprint density at radius 1 is 1.09 bits per heavy atom. The van der Waals surface area contributed by atoms with E-state index < -0.39 is 24.6 Å². The maximum atomic E-state index is 12.2. The molecule has 0 saturated carbocycles. The Hall–Kier alpha value is -4.06. The number of rotatable bonds is 8. The van der Waals surface area contributed by atoms with Gasteiger partial charge in [-0.25, -0.2) is 9.59 Å². The number of alkyl carbamates (subject to hydrolysis) is 1. The molecule has 32 heavy (non-hydrogen) atoms. The van der Waals surface area contributed by atoms with Crippen molar-refractivity contribution in [2.45, 2.75) is 27.7 Å². The third-order valence-corrected chi connectivity index (χ3v) is 4.37. The van der Waals surface area contributed by atoms with Crippen LogP contribution in [0, 0.1) is 25.2 Å². The van der Waals surface area contributed by atoms with Gasteiger partial charge in [-0.05, 0) is 69.7 Å². The van der Waals surface area contributed by atoms with E-state index in [1.807, 2.05) is 61.0 Å². The van der Waals surface area contributed by atoms with Crippen LogP contribution in [0.1, 0.15) is 30.8 Å². The summed E-state index contributed by atoms with van der Waals surface area (Å²) in [4.78, 5) is 35.1. The molecule has 168 valence electrons. The molecule has 1 aromatic heterocycles. The molecule has 0 unspecified atom stereocenters. The van der Waals surface area contributed by atoms with Crippen molar-refractivity contribution in [3.63, 3.8) is 0 Å². The van der Waals surface area contributed by atoms with E-state index in [0.29, 0.717) is 12.2 Å². The van der Waals surface area contributed by atoms with Crippen molar-refractivity contribution in [3.8, 4) is 17.5 Å². The molecule has 1 heterocycles. The van der Waals surface area contributed by atoms with Crippen LogP contribution in [0.5, 0.6) is 5.75 Å². The van der Waals surface area contributed by atoms with Gasteiger partial charge in [0.25, 0.3) is 5.91 Å². The Morgan fingerprint density at radius 2 is 1.78 bits per heavy atom. The molecule has 2 amide bonds. The van der Waals surface area contributed by atoms with Crippen molar-refractivity contribution in [1.29, 1.82) is 5.26 Å². The molecule has 0 spiro atoms. The normalized spacial score (nSPS) is 10.8. The van der Waals surface area contributed by atoms with Crippen molar-refractivity contribution in [1.82, 2.24) is 9.88 Å². The monoisotopic (exact) mass is 439 g/mol. The number of hydrogen-bond acceptors (Lipinski definition) is 7. The second-order valence-electron chi connectivity index (χ2n) is 6.60. The summed E-state index contributed by atoms with van der Waals surface area (Å²) in [5.41, 5.74) is 2.99. The van der Waals surface area contributed by atoms with Crippen LogP contribution in [0.2, 0.25) is 0 Å². The first kappa shape index (κ1) is 24.2. The number of hydrogen-bond donors (Lipinski definition) is 1. The van der Waals surface area contributed by atoms with Crippen LogP contribution < -0.4 is 10.1 Å². The van der Waals surface area contributed by atoms with Crippen molar-refractivity contribution < 1.29 is 28.6 Å². The molecular weight excluding hydrogens is 414 g/mol.